The van der Waals surface area contributed by atoms with Crippen molar-refractivity contribution >= 4 is 17.7 Å². The standard InChI is InChI=1S/C18H20N8O2/c19-17(27)14-10-13(2-6-21-14)28-12-3-8-25(9-4-12)15-11-16(24-18(20)23-15)26-7-1-5-22-26/h1-2,5-7,10-12H,3-4,8-9H2,(H2,19,27)(H2,20,23,24). The van der Waals surface area contributed by atoms with Crippen LogP contribution < -0.4 is 21.1 Å². The van der Waals surface area contributed by atoms with Gasteiger partial charge in [0.15, 0.2) is 5.82 Å². The number of aromatic nitrogens is 5. The number of nitrogens with zero attached hydrogens (tertiary/aromatic N) is 6. The molecular weight excluding hydrogens is 360 g/mol. The summed E-state index contributed by atoms with van der Waals surface area (Å²) in [6.07, 6.45) is 6.64. The molecule has 4 heterocycles. The molecule has 0 bridgehead atoms. The lowest BCUT2D eigenvalue weighted by atomic mass is 10.1. The Balaban J connectivity index is 1.42. The number of carbonyl (C=O) groups is 1. The van der Waals surface area contributed by atoms with Gasteiger partial charge in [-0.2, -0.15) is 15.1 Å². The molecule has 0 spiro atoms. The van der Waals surface area contributed by atoms with Crippen molar-refractivity contribution in [2.24, 2.45) is 5.73 Å². The fourth-order valence-corrected chi connectivity index (χ4v) is 3.14. The molecule has 1 saturated heterocycles. The van der Waals surface area contributed by atoms with Crippen LogP contribution in [0.4, 0.5) is 11.8 Å². The summed E-state index contributed by atoms with van der Waals surface area (Å²) >= 11 is 0. The number of piperidine rings is 1. The van der Waals surface area contributed by atoms with Crippen molar-refractivity contribution < 1.29 is 9.53 Å². The molecule has 10 nitrogen and oxygen atoms in total. The van der Waals surface area contributed by atoms with Gasteiger partial charge in [-0.05, 0) is 12.1 Å². The van der Waals surface area contributed by atoms with Gasteiger partial charge in [0, 0.05) is 56.7 Å². The van der Waals surface area contributed by atoms with Gasteiger partial charge in [-0.15, -0.1) is 0 Å². The predicted octanol–water partition coefficient (Wildman–Crippen LogP) is 0.786. The van der Waals surface area contributed by atoms with Gasteiger partial charge in [0.25, 0.3) is 5.91 Å². The number of carbonyl (C=O) groups excluding carboxylic acids is 1. The minimum Gasteiger partial charge on any atom is -0.490 e. The Morgan fingerprint density at radius 3 is 2.64 bits per heavy atom. The van der Waals surface area contributed by atoms with E-state index < -0.39 is 5.91 Å². The van der Waals surface area contributed by atoms with Crippen LogP contribution in [0.2, 0.25) is 0 Å². The summed E-state index contributed by atoms with van der Waals surface area (Å²) in [7, 11) is 0. The maximum Gasteiger partial charge on any atom is 0.267 e. The van der Waals surface area contributed by atoms with E-state index in [4.69, 9.17) is 16.2 Å². The number of anilines is 2. The van der Waals surface area contributed by atoms with E-state index in [1.807, 2.05) is 12.1 Å². The van der Waals surface area contributed by atoms with Crippen LogP contribution >= 0.6 is 0 Å². The summed E-state index contributed by atoms with van der Waals surface area (Å²) in [4.78, 5) is 25.9. The Bertz CT molecular complexity index is 967. The molecule has 1 fully saturated rings. The number of rotatable bonds is 5. The van der Waals surface area contributed by atoms with Gasteiger partial charge in [-0.25, -0.2) is 4.68 Å². The minimum absolute atomic E-state index is 0.0316. The Hall–Kier alpha value is -3.69. The van der Waals surface area contributed by atoms with Crippen molar-refractivity contribution in [3.63, 3.8) is 0 Å². The van der Waals surface area contributed by atoms with Crippen LogP contribution in [0.3, 0.4) is 0 Å². The second kappa shape index (κ2) is 7.51. The molecule has 0 saturated carbocycles. The highest BCUT2D eigenvalue weighted by Crippen LogP contribution is 2.24. The van der Waals surface area contributed by atoms with Crippen molar-refractivity contribution in [1.29, 1.82) is 0 Å². The molecular formula is C18H20N8O2. The van der Waals surface area contributed by atoms with Crippen LogP contribution in [0.25, 0.3) is 5.82 Å². The van der Waals surface area contributed by atoms with E-state index in [2.05, 4.69) is 25.0 Å². The van der Waals surface area contributed by atoms with E-state index >= 15 is 0 Å². The van der Waals surface area contributed by atoms with E-state index in [1.54, 1.807) is 29.2 Å². The summed E-state index contributed by atoms with van der Waals surface area (Å²) in [5.74, 6) is 1.61. The smallest absolute Gasteiger partial charge is 0.267 e. The van der Waals surface area contributed by atoms with Crippen molar-refractivity contribution in [2.75, 3.05) is 23.7 Å². The van der Waals surface area contributed by atoms with Gasteiger partial charge in [0.05, 0.1) is 0 Å². The van der Waals surface area contributed by atoms with Gasteiger partial charge in [-0.1, -0.05) is 0 Å². The van der Waals surface area contributed by atoms with Crippen LogP contribution in [-0.2, 0) is 0 Å². The average Bonchev–Trinajstić information content (AvgIpc) is 3.23. The number of hydrogen-bond acceptors (Lipinski definition) is 8. The lowest BCUT2D eigenvalue weighted by Crippen LogP contribution is -2.39. The number of amides is 1. The molecule has 4 rings (SSSR count). The Kier molecular flexibility index (Phi) is 4.75. The monoisotopic (exact) mass is 380 g/mol. The van der Waals surface area contributed by atoms with Crippen LogP contribution in [-0.4, -0.2) is 49.8 Å². The molecule has 0 radical (unpaired) electrons. The number of nitrogen functional groups attached to an aromatic ring is 1. The highest BCUT2D eigenvalue weighted by molar-refractivity contribution is 5.91. The first-order chi connectivity index (χ1) is 13.6. The zero-order valence-electron chi connectivity index (χ0n) is 15.1. The first-order valence-corrected chi connectivity index (χ1v) is 8.90. The van der Waals surface area contributed by atoms with Gasteiger partial charge in [0.2, 0.25) is 5.95 Å². The molecule has 4 N–H and O–H groups in total. The number of hydrogen-bond donors (Lipinski definition) is 2. The van der Waals surface area contributed by atoms with Gasteiger partial charge in [0.1, 0.15) is 23.4 Å². The van der Waals surface area contributed by atoms with E-state index in [1.165, 1.54) is 6.20 Å². The zero-order chi connectivity index (χ0) is 19.5. The summed E-state index contributed by atoms with van der Waals surface area (Å²) in [5.41, 5.74) is 11.3. The summed E-state index contributed by atoms with van der Waals surface area (Å²) in [6.45, 7) is 1.51. The lowest BCUT2D eigenvalue weighted by molar-refractivity contribution is 0.0994. The molecule has 10 heteroatoms. The molecule has 0 aliphatic carbocycles. The largest absolute Gasteiger partial charge is 0.490 e. The summed E-state index contributed by atoms with van der Waals surface area (Å²) in [6, 6.07) is 6.98. The van der Waals surface area contributed by atoms with E-state index in [0.717, 1.165) is 31.7 Å². The normalized spacial score (nSPS) is 14.8. The molecule has 0 aromatic carbocycles. The number of nitrogens with two attached hydrogens (primary N) is 2. The third-order valence-corrected chi connectivity index (χ3v) is 4.51. The maximum atomic E-state index is 11.3. The predicted molar refractivity (Wildman–Crippen MR) is 102 cm³/mol. The highest BCUT2D eigenvalue weighted by atomic mass is 16.5. The molecule has 1 aliphatic rings. The summed E-state index contributed by atoms with van der Waals surface area (Å²) < 4.78 is 7.64. The van der Waals surface area contributed by atoms with Crippen molar-refractivity contribution in [3.8, 4) is 11.6 Å². The minimum atomic E-state index is -0.574. The Morgan fingerprint density at radius 2 is 1.93 bits per heavy atom. The molecule has 0 atom stereocenters. The van der Waals surface area contributed by atoms with Crippen LogP contribution in [0.15, 0.2) is 42.9 Å². The van der Waals surface area contributed by atoms with Crippen molar-refractivity contribution in [2.45, 2.75) is 18.9 Å². The molecule has 1 aliphatic heterocycles. The molecule has 3 aromatic rings. The third kappa shape index (κ3) is 3.85. The van der Waals surface area contributed by atoms with Gasteiger partial charge < -0.3 is 21.1 Å². The van der Waals surface area contributed by atoms with Gasteiger partial charge >= 0.3 is 0 Å². The second-order valence-corrected chi connectivity index (χ2v) is 6.44. The van der Waals surface area contributed by atoms with Crippen LogP contribution in [0.1, 0.15) is 23.3 Å². The van der Waals surface area contributed by atoms with Crippen molar-refractivity contribution in [3.05, 3.63) is 48.5 Å². The Labute approximate surface area is 161 Å². The van der Waals surface area contributed by atoms with Crippen LogP contribution in [0, 0.1) is 0 Å². The Morgan fingerprint density at radius 1 is 1.14 bits per heavy atom. The molecule has 0 unspecified atom stereocenters. The van der Waals surface area contributed by atoms with E-state index in [0.29, 0.717) is 11.6 Å². The number of ether oxygens (including phenoxy) is 1. The van der Waals surface area contributed by atoms with Crippen LogP contribution in [0.5, 0.6) is 5.75 Å². The third-order valence-electron chi connectivity index (χ3n) is 4.51. The maximum absolute atomic E-state index is 11.3. The fourth-order valence-electron chi connectivity index (χ4n) is 3.14. The fraction of sp³-hybridized carbons (Fsp3) is 0.278. The zero-order valence-corrected chi connectivity index (χ0v) is 15.1. The molecule has 1 amide bonds. The number of primary amides is 1. The quantitative estimate of drug-likeness (QED) is 0.662. The van der Waals surface area contributed by atoms with Gasteiger partial charge in [-0.3, -0.25) is 9.78 Å². The second-order valence-electron chi connectivity index (χ2n) is 6.44. The first-order valence-electron chi connectivity index (χ1n) is 8.90. The molecule has 3 aromatic heterocycles. The lowest BCUT2D eigenvalue weighted by Gasteiger charge is -2.33. The molecule has 144 valence electrons. The molecule has 28 heavy (non-hydrogen) atoms. The average molecular weight is 380 g/mol. The highest BCUT2D eigenvalue weighted by Gasteiger charge is 2.23. The van der Waals surface area contributed by atoms with E-state index in [9.17, 15) is 4.79 Å². The SMILES string of the molecule is NC(=O)c1cc(OC2CCN(c3cc(-n4cccn4)nc(N)n3)CC2)ccn1. The van der Waals surface area contributed by atoms with E-state index in [-0.39, 0.29) is 17.7 Å². The summed E-state index contributed by atoms with van der Waals surface area (Å²) in [5, 5.41) is 4.19. The van der Waals surface area contributed by atoms with Crippen molar-refractivity contribution in [1.82, 2.24) is 24.7 Å². The number of pyridine rings is 1. The first kappa shape index (κ1) is 17.7. The topological polar surface area (TPSA) is 138 Å².